The number of ether oxygens (including phenoxy) is 1. The largest absolute Gasteiger partial charge is 0.490 e. The van der Waals surface area contributed by atoms with Crippen molar-refractivity contribution in [3.05, 3.63) is 28.3 Å². The molecule has 0 aliphatic carbocycles. The number of hydrogen-bond acceptors (Lipinski definition) is 2. The summed E-state index contributed by atoms with van der Waals surface area (Å²) < 4.78 is 5.67. The van der Waals surface area contributed by atoms with Crippen LogP contribution in [0.25, 0.3) is 0 Å². The van der Waals surface area contributed by atoms with Gasteiger partial charge in [0, 0.05) is 17.0 Å². The second-order valence-corrected chi connectivity index (χ2v) is 4.18. The van der Waals surface area contributed by atoms with E-state index >= 15 is 0 Å². The molecule has 0 spiro atoms. The number of hydrogen-bond donors (Lipinski definition) is 0. The minimum absolute atomic E-state index is 0.0928. The highest BCUT2D eigenvalue weighted by Crippen LogP contribution is 2.28. The molecule has 0 aliphatic rings. The molecule has 0 heterocycles. The van der Waals surface area contributed by atoms with Gasteiger partial charge in [0.05, 0.1) is 6.10 Å². The Kier molecular flexibility index (Phi) is 4.15. The molecule has 1 rings (SSSR count). The number of benzene rings is 1. The highest BCUT2D eigenvalue weighted by atomic mass is 35.5. The molecule has 82 valence electrons. The Morgan fingerprint density at radius 2 is 2.13 bits per heavy atom. The molecule has 0 saturated carbocycles. The quantitative estimate of drug-likeness (QED) is 0.738. The Balaban J connectivity index is 3.13. The van der Waals surface area contributed by atoms with Crippen LogP contribution in [-0.4, -0.2) is 12.4 Å². The molecule has 0 bridgehead atoms. The van der Waals surface area contributed by atoms with Crippen molar-refractivity contribution in [1.82, 2.24) is 0 Å². The molecule has 0 aliphatic heterocycles. The minimum Gasteiger partial charge on any atom is -0.490 e. The molecular weight excluding hydrogens is 212 g/mol. The lowest BCUT2D eigenvalue weighted by atomic mass is 10.1. The van der Waals surface area contributed by atoms with Crippen molar-refractivity contribution in [2.24, 2.45) is 0 Å². The molecule has 0 unspecified atom stereocenters. The Hall–Kier alpha value is -1.02. The van der Waals surface area contributed by atoms with E-state index in [1.165, 1.54) is 0 Å². The zero-order valence-corrected chi connectivity index (χ0v) is 9.97. The molecule has 2 nitrogen and oxygen atoms in total. The predicted molar refractivity (Wildman–Crippen MR) is 61.7 cm³/mol. The fourth-order valence-corrected chi connectivity index (χ4v) is 1.74. The first-order chi connectivity index (χ1) is 7.04. The number of aldehydes is 1. The fourth-order valence-electron chi connectivity index (χ4n) is 1.45. The van der Waals surface area contributed by atoms with Gasteiger partial charge in [0.25, 0.3) is 0 Å². The van der Waals surface area contributed by atoms with E-state index in [0.29, 0.717) is 11.4 Å². The molecule has 0 atom stereocenters. The summed E-state index contributed by atoms with van der Waals surface area (Å²) in [5.74, 6) is 0.779. The van der Waals surface area contributed by atoms with Crippen molar-refractivity contribution in [1.29, 1.82) is 0 Å². The molecule has 15 heavy (non-hydrogen) atoms. The summed E-state index contributed by atoms with van der Waals surface area (Å²) >= 11 is 5.92. The van der Waals surface area contributed by atoms with Crippen LogP contribution in [-0.2, 0) is 11.2 Å². The molecule has 0 amide bonds. The molecule has 0 radical (unpaired) electrons. The van der Waals surface area contributed by atoms with Crippen molar-refractivity contribution in [2.75, 3.05) is 0 Å². The van der Waals surface area contributed by atoms with Crippen LogP contribution in [0.2, 0.25) is 5.02 Å². The molecule has 1 aromatic rings. The van der Waals surface area contributed by atoms with Gasteiger partial charge in [0.1, 0.15) is 12.0 Å². The molecular formula is C12H15ClO2. The zero-order valence-electron chi connectivity index (χ0n) is 9.21. The number of carbonyl (C=O) groups excluding carboxylic acids is 1. The normalized spacial score (nSPS) is 10.5. The average Bonchev–Trinajstić information content (AvgIpc) is 2.11. The van der Waals surface area contributed by atoms with Crippen LogP contribution in [0.1, 0.15) is 25.0 Å². The highest BCUT2D eigenvalue weighted by Gasteiger charge is 2.10. The van der Waals surface area contributed by atoms with E-state index in [-0.39, 0.29) is 6.10 Å². The Morgan fingerprint density at radius 1 is 1.47 bits per heavy atom. The molecule has 3 heteroatoms. The van der Waals surface area contributed by atoms with E-state index in [1.54, 1.807) is 6.07 Å². The van der Waals surface area contributed by atoms with E-state index < -0.39 is 0 Å². The van der Waals surface area contributed by atoms with E-state index in [9.17, 15) is 4.79 Å². The second kappa shape index (κ2) is 5.17. The standard InChI is InChI=1S/C12H15ClO2/c1-8(2)15-12-9(3)6-11(13)7-10(12)4-5-14/h5-8H,4H2,1-3H3. The van der Waals surface area contributed by atoms with Crippen molar-refractivity contribution in [3.8, 4) is 5.75 Å². The summed E-state index contributed by atoms with van der Waals surface area (Å²) in [6.07, 6.45) is 1.29. The highest BCUT2D eigenvalue weighted by molar-refractivity contribution is 6.30. The molecule has 1 aromatic carbocycles. The SMILES string of the molecule is Cc1cc(Cl)cc(CC=O)c1OC(C)C. The lowest BCUT2D eigenvalue weighted by Gasteiger charge is -2.16. The monoisotopic (exact) mass is 226 g/mol. The summed E-state index contributed by atoms with van der Waals surface area (Å²) in [6.45, 7) is 5.84. The molecule has 0 saturated heterocycles. The first kappa shape index (κ1) is 12.1. The van der Waals surface area contributed by atoms with Crippen LogP contribution in [0, 0.1) is 6.92 Å². The van der Waals surface area contributed by atoms with Gasteiger partial charge in [-0.1, -0.05) is 11.6 Å². The van der Waals surface area contributed by atoms with E-state index in [4.69, 9.17) is 16.3 Å². The molecule has 0 aromatic heterocycles. The molecule has 0 fully saturated rings. The van der Waals surface area contributed by atoms with Crippen LogP contribution in [0.3, 0.4) is 0 Å². The van der Waals surface area contributed by atoms with Crippen molar-refractivity contribution in [2.45, 2.75) is 33.3 Å². The first-order valence-electron chi connectivity index (χ1n) is 4.94. The minimum atomic E-state index is 0.0928. The van der Waals surface area contributed by atoms with Crippen LogP contribution in [0.15, 0.2) is 12.1 Å². The fraction of sp³-hybridized carbons (Fsp3) is 0.417. The maximum atomic E-state index is 10.5. The maximum absolute atomic E-state index is 10.5. The third-order valence-corrected chi connectivity index (χ3v) is 2.19. The van der Waals surface area contributed by atoms with Gasteiger partial charge >= 0.3 is 0 Å². The Morgan fingerprint density at radius 3 is 2.67 bits per heavy atom. The van der Waals surface area contributed by atoms with E-state index in [2.05, 4.69) is 0 Å². The Bertz CT molecular complexity index is 359. The van der Waals surface area contributed by atoms with Gasteiger partial charge in [-0.3, -0.25) is 0 Å². The summed E-state index contributed by atoms with van der Waals surface area (Å²) in [6, 6.07) is 3.62. The van der Waals surface area contributed by atoms with E-state index in [0.717, 1.165) is 23.2 Å². The third-order valence-electron chi connectivity index (χ3n) is 1.97. The zero-order chi connectivity index (χ0) is 11.4. The lowest BCUT2D eigenvalue weighted by Crippen LogP contribution is -2.09. The molecule has 0 N–H and O–H groups in total. The summed E-state index contributed by atoms with van der Waals surface area (Å²) in [7, 11) is 0. The smallest absolute Gasteiger partial charge is 0.126 e. The van der Waals surface area contributed by atoms with Crippen molar-refractivity contribution >= 4 is 17.9 Å². The average molecular weight is 227 g/mol. The van der Waals surface area contributed by atoms with E-state index in [1.807, 2.05) is 26.8 Å². The number of carbonyl (C=O) groups is 1. The van der Waals surface area contributed by atoms with Crippen LogP contribution in [0.5, 0.6) is 5.75 Å². The number of halogens is 1. The van der Waals surface area contributed by atoms with Gasteiger partial charge in [-0.2, -0.15) is 0 Å². The maximum Gasteiger partial charge on any atom is 0.126 e. The number of aryl methyl sites for hydroxylation is 1. The van der Waals surface area contributed by atoms with Crippen LogP contribution in [0.4, 0.5) is 0 Å². The second-order valence-electron chi connectivity index (χ2n) is 3.75. The third kappa shape index (κ3) is 3.24. The lowest BCUT2D eigenvalue weighted by molar-refractivity contribution is -0.107. The van der Waals surface area contributed by atoms with Gasteiger partial charge in [0.2, 0.25) is 0 Å². The summed E-state index contributed by atoms with van der Waals surface area (Å²) in [5.41, 5.74) is 1.82. The predicted octanol–water partition coefficient (Wildman–Crippen LogP) is 3.18. The Labute approximate surface area is 95.2 Å². The summed E-state index contributed by atoms with van der Waals surface area (Å²) in [4.78, 5) is 10.5. The first-order valence-corrected chi connectivity index (χ1v) is 5.31. The van der Waals surface area contributed by atoms with Crippen molar-refractivity contribution < 1.29 is 9.53 Å². The van der Waals surface area contributed by atoms with Gasteiger partial charge < -0.3 is 9.53 Å². The number of rotatable bonds is 4. The van der Waals surface area contributed by atoms with Gasteiger partial charge in [-0.05, 0) is 38.5 Å². The van der Waals surface area contributed by atoms with Crippen LogP contribution >= 0.6 is 11.6 Å². The summed E-state index contributed by atoms with van der Waals surface area (Å²) in [5, 5.41) is 0.639. The topological polar surface area (TPSA) is 26.3 Å². The van der Waals surface area contributed by atoms with Crippen molar-refractivity contribution in [3.63, 3.8) is 0 Å². The van der Waals surface area contributed by atoms with Gasteiger partial charge in [-0.25, -0.2) is 0 Å². The van der Waals surface area contributed by atoms with Gasteiger partial charge in [0.15, 0.2) is 0 Å². The van der Waals surface area contributed by atoms with Gasteiger partial charge in [-0.15, -0.1) is 0 Å². The van der Waals surface area contributed by atoms with Crippen LogP contribution < -0.4 is 4.74 Å².